The maximum absolute atomic E-state index is 2.67. The fraction of sp³-hybridized carbons (Fsp3) is 0.174. The molecule has 10 rings (SSSR count). The van der Waals surface area contributed by atoms with Crippen molar-refractivity contribution in [2.45, 2.75) is 44.9 Å². The fourth-order valence-corrected chi connectivity index (χ4v) is 9.22. The fourth-order valence-electron chi connectivity index (χ4n) is 9.22. The highest BCUT2D eigenvalue weighted by Gasteiger charge is 2.48. The molecule has 0 spiro atoms. The van der Waals surface area contributed by atoms with Crippen LogP contribution in [0.5, 0.6) is 0 Å². The van der Waals surface area contributed by atoms with Crippen molar-refractivity contribution in [3.8, 4) is 11.1 Å². The van der Waals surface area contributed by atoms with Crippen LogP contribution < -0.4 is 4.90 Å². The van der Waals surface area contributed by atoms with Gasteiger partial charge in [0.15, 0.2) is 0 Å². The molecule has 1 aliphatic carbocycles. The standard InChI is InChI=1S/C46H38N2/c1-45(2)38-17-10-16-36-37-27-35(28-41-43(37)48(42(36)38)44-39(45)18-11-19-40(44)46(41,3)4)47(33-14-6-5-7-15-33)34-24-22-30(23-25-34)32-21-20-29-12-8-9-13-31(29)26-32/h5-17,19-28,39H,18H2,1-4H3. The van der Waals surface area contributed by atoms with Crippen LogP contribution in [0.1, 0.15) is 45.2 Å². The molecular formula is C46H38N2. The zero-order valence-corrected chi connectivity index (χ0v) is 28.0. The number of anilines is 3. The molecule has 2 nitrogen and oxygen atoms in total. The number of hydrogen-bond donors (Lipinski definition) is 0. The van der Waals surface area contributed by atoms with Crippen molar-refractivity contribution in [1.82, 2.24) is 4.57 Å². The number of fused-ring (bicyclic) bond motifs is 2. The number of aromatic nitrogens is 1. The minimum absolute atomic E-state index is 0.0501. The molecule has 6 aromatic carbocycles. The van der Waals surface area contributed by atoms with E-state index in [1.807, 2.05) is 0 Å². The molecule has 0 N–H and O–H groups in total. The third-order valence-corrected chi connectivity index (χ3v) is 11.8. The van der Waals surface area contributed by atoms with Gasteiger partial charge in [-0.1, -0.05) is 125 Å². The van der Waals surface area contributed by atoms with E-state index in [-0.39, 0.29) is 10.8 Å². The average Bonchev–Trinajstić information content (AvgIpc) is 3.45. The predicted molar refractivity (Wildman–Crippen MR) is 204 cm³/mol. The quantitative estimate of drug-likeness (QED) is 0.190. The van der Waals surface area contributed by atoms with E-state index >= 15 is 0 Å². The van der Waals surface area contributed by atoms with Crippen molar-refractivity contribution >= 4 is 55.3 Å². The van der Waals surface area contributed by atoms with E-state index in [9.17, 15) is 0 Å². The van der Waals surface area contributed by atoms with Gasteiger partial charge in [0, 0.05) is 50.3 Å². The Kier molecular flexibility index (Phi) is 5.55. The summed E-state index contributed by atoms with van der Waals surface area (Å²) in [5, 5.41) is 5.24. The molecule has 7 aromatic rings. The van der Waals surface area contributed by atoms with Gasteiger partial charge >= 0.3 is 0 Å². The summed E-state index contributed by atoms with van der Waals surface area (Å²) in [6.45, 7) is 9.80. The van der Waals surface area contributed by atoms with Crippen LogP contribution >= 0.6 is 0 Å². The summed E-state index contributed by atoms with van der Waals surface area (Å²) < 4.78 is 2.67. The van der Waals surface area contributed by atoms with Crippen LogP contribution in [0.3, 0.4) is 0 Å². The summed E-state index contributed by atoms with van der Waals surface area (Å²) in [7, 11) is 0. The Balaban J connectivity index is 1.21. The molecule has 0 saturated heterocycles. The Morgan fingerprint density at radius 3 is 2.10 bits per heavy atom. The Labute approximate surface area is 282 Å². The smallest absolute Gasteiger partial charge is 0.0580 e. The van der Waals surface area contributed by atoms with Crippen LogP contribution in [0.25, 0.3) is 49.4 Å². The highest BCUT2D eigenvalue weighted by atomic mass is 15.1. The Morgan fingerprint density at radius 2 is 1.29 bits per heavy atom. The summed E-state index contributed by atoms with van der Waals surface area (Å²) in [5.41, 5.74) is 14.5. The van der Waals surface area contributed by atoms with Gasteiger partial charge in [-0.15, -0.1) is 0 Å². The number of hydrogen-bond acceptors (Lipinski definition) is 1. The Hall–Kier alpha value is -5.34. The minimum atomic E-state index is -0.140. The lowest BCUT2D eigenvalue weighted by Gasteiger charge is -2.48. The highest BCUT2D eigenvalue weighted by molar-refractivity contribution is 6.16. The van der Waals surface area contributed by atoms with E-state index in [0.717, 1.165) is 17.8 Å². The summed E-state index contributed by atoms with van der Waals surface area (Å²) in [4.78, 5) is 2.44. The number of benzene rings is 6. The summed E-state index contributed by atoms with van der Waals surface area (Å²) in [6.07, 6.45) is 5.95. The first-order chi connectivity index (χ1) is 23.3. The van der Waals surface area contributed by atoms with Gasteiger partial charge in [0.05, 0.1) is 11.0 Å². The van der Waals surface area contributed by atoms with Crippen molar-refractivity contribution in [1.29, 1.82) is 0 Å². The lowest BCUT2D eigenvalue weighted by molar-refractivity contribution is 0.371. The molecule has 3 aliphatic rings. The largest absolute Gasteiger partial charge is 0.312 e. The number of allylic oxidation sites excluding steroid dienone is 4. The second-order valence-electron chi connectivity index (χ2n) is 15.0. The molecule has 2 aliphatic heterocycles. The van der Waals surface area contributed by atoms with Gasteiger partial charge in [-0.3, -0.25) is 0 Å². The van der Waals surface area contributed by atoms with Gasteiger partial charge in [-0.05, 0) is 87.5 Å². The topological polar surface area (TPSA) is 8.17 Å². The summed E-state index contributed by atoms with van der Waals surface area (Å²) in [5.74, 6) is 0.459. The van der Waals surface area contributed by atoms with Gasteiger partial charge in [-0.2, -0.15) is 0 Å². The van der Waals surface area contributed by atoms with E-state index in [1.165, 1.54) is 71.8 Å². The van der Waals surface area contributed by atoms with Crippen molar-refractivity contribution < 1.29 is 0 Å². The Bertz CT molecular complexity index is 2520. The molecule has 0 saturated carbocycles. The molecule has 1 aromatic heterocycles. The SMILES string of the molecule is CC1(C)C2=C3C(CC=C2)C(C)(C)c2cccc4c5cc(N(c6ccccc6)c6ccc(-c7ccc8ccccc8c7)cc6)cc1c5n3c24. The van der Waals surface area contributed by atoms with Crippen molar-refractivity contribution in [2.24, 2.45) is 5.92 Å². The molecule has 0 bridgehead atoms. The van der Waals surface area contributed by atoms with Gasteiger partial charge in [0.2, 0.25) is 0 Å². The zero-order chi connectivity index (χ0) is 32.4. The molecule has 1 atom stereocenters. The molecule has 3 heterocycles. The second-order valence-corrected chi connectivity index (χ2v) is 15.0. The van der Waals surface area contributed by atoms with Crippen LogP contribution in [0, 0.1) is 5.92 Å². The molecular weight excluding hydrogens is 581 g/mol. The van der Waals surface area contributed by atoms with E-state index in [4.69, 9.17) is 0 Å². The van der Waals surface area contributed by atoms with E-state index in [2.05, 4.69) is 177 Å². The minimum Gasteiger partial charge on any atom is -0.312 e. The lowest BCUT2D eigenvalue weighted by Crippen LogP contribution is -2.40. The van der Waals surface area contributed by atoms with E-state index < -0.39 is 0 Å². The average molecular weight is 619 g/mol. The summed E-state index contributed by atoms with van der Waals surface area (Å²) >= 11 is 0. The highest BCUT2D eigenvalue weighted by Crippen LogP contribution is 2.59. The third kappa shape index (κ3) is 3.63. The molecule has 2 heteroatoms. The van der Waals surface area contributed by atoms with Crippen molar-refractivity contribution in [3.63, 3.8) is 0 Å². The Morgan fingerprint density at radius 1 is 0.583 bits per heavy atom. The maximum atomic E-state index is 2.67. The van der Waals surface area contributed by atoms with E-state index in [0.29, 0.717) is 5.92 Å². The van der Waals surface area contributed by atoms with Gasteiger partial charge in [0.25, 0.3) is 0 Å². The first-order valence-corrected chi connectivity index (χ1v) is 17.3. The molecule has 232 valence electrons. The van der Waals surface area contributed by atoms with E-state index in [1.54, 1.807) is 0 Å². The maximum Gasteiger partial charge on any atom is 0.0580 e. The van der Waals surface area contributed by atoms with Crippen LogP contribution in [-0.2, 0) is 10.8 Å². The van der Waals surface area contributed by atoms with Crippen LogP contribution in [-0.4, -0.2) is 4.57 Å². The molecule has 0 fully saturated rings. The van der Waals surface area contributed by atoms with Crippen LogP contribution in [0.2, 0.25) is 0 Å². The van der Waals surface area contributed by atoms with Crippen molar-refractivity contribution in [3.05, 3.63) is 156 Å². The van der Waals surface area contributed by atoms with Crippen LogP contribution in [0.15, 0.2) is 145 Å². The number of nitrogens with zero attached hydrogens (tertiary/aromatic N) is 2. The van der Waals surface area contributed by atoms with Gasteiger partial charge in [-0.25, -0.2) is 0 Å². The molecule has 48 heavy (non-hydrogen) atoms. The van der Waals surface area contributed by atoms with Gasteiger partial charge < -0.3 is 9.47 Å². The molecule has 0 radical (unpaired) electrons. The number of rotatable bonds is 4. The molecule has 1 unspecified atom stereocenters. The van der Waals surface area contributed by atoms with Crippen molar-refractivity contribution in [2.75, 3.05) is 4.90 Å². The third-order valence-electron chi connectivity index (χ3n) is 11.8. The normalized spacial score (nSPS) is 18.3. The molecule has 0 amide bonds. The number of para-hydroxylation sites is 2. The van der Waals surface area contributed by atoms with Gasteiger partial charge in [0.1, 0.15) is 0 Å². The first kappa shape index (κ1) is 27.7. The zero-order valence-electron chi connectivity index (χ0n) is 28.0. The lowest BCUT2D eigenvalue weighted by atomic mass is 9.62. The van der Waals surface area contributed by atoms with Crippen LogP contribution in [0.4, 0.5) is 17.1 Å². The summed E-state index contributed by atoms with van der Waals surface area (Å²) in [6, 6.07) is 47.3. The predicted octanol–water partition coefficient (Wildman–Crippen LogP) is 12.5. The first-order valence-electron chi connectivity index (χ1n) is 17.3. The second kappa shape index (κ2) is 9.61. The monoisotopic (exact) mass is 618 g/mol.